The van der Waals surface area contributed by atoms with Gasteiger partial charge in [-0.3, -0.25) is 0 Å². The maximum absolute atomic E-state index is 3.83. The van der Waals surface area contributed by atoms with Crippen molar-refractivity contribution in [3.05, 3.63) is 34.4 Å². The smallest absolute Gasteiger partial charge is 0.0326 e. The van der Waals surface area contributed by atoms with Gasteiger partial charge in [-0.1, -0.05) is 18.6 Å². The maximum atomic E-state index is 3.83. The first-order valence-corrected chi connectivity index (χ1v) is 9.00. The number of halogens is 2. The molecule has 3 nitrogen and oxygen atoms in total. The zero-order chi connectivity index (χ0) is 14.1. The van der Waals surface area contributed by atoms with Crippen molar-refractivity contribution in [1.82, 2.24) is 10.2 Å². The molecular formula is C19H32Cl2N2O. The number of nitrogens with zero attached hydrogens (tertiary/aromatic N) is 1. The number of hydrogen-bond donors (Lipinski definition) is 1. The molecule has 0 bridgehead atoms. The molecule has 2 aliphatic carbocycles. The van der Waals surface area contributed by atoms with Crippen molar-refractivity contribution < 1.29 is 5.48 Å². The highest BCUT2D eigenvalue weighted by Crippen LogP contribution is 2.35. The van der Waals surface area contributed by atoms with Gasteiger partial charge in [-0.05, 0) is 80.3 Å². The number of nitrogens with one attached hydrogen (secondary N) is 1. The maximum Gasteiger partial charge on any atom is 0.0326 e. The molecule has 1 atom stereocenters. The minimum Gasteiger partial charge on any atom is -0.412 e. The average molecular weight is 375 g/mol. The number of piperidine rings is 1. The van der Waals surface area contributed by atoms with Crippen LogP contribution >= 0.6 is 24.8 Å². The number of hydrogen-bond acceptors (Lipinski definition) is 2. The third kappa shape index (κ3) is 4.64. The SMILES string of the molecule is Cl.Cl.O.c1c2c(cc3c1CCC3NCCN1CCCCC1)CCC2. The lowest BCUT2D eigenvalue weighted by molar-refractivity contribution is 0.226. The number of fused-ring (bicyclic) bond motifs is 2. The topological polar surface area (TPSA) is 46.8 Å². The van der Waals surface area contributed by atoms with E-state index in [-0.39, 0.29) is 30.3 Å². The van der Waals surface area contributed by atoms with Crippen LogP contribution in [0.4, 0.5) is 0 Å². The second kappa shape index (κ2) is 9.98. The molecule has 1 saturated heterocycles. The van der Waals surface area contributed by atoms with Crippen molar-refractivity contribution >= 4 is 24.8 Å². The zero-order valence-corrected chi connectivity index (χ0v) is 16.1. The Bertz CT molecular complexity index is 518. The van der Waals surface area contributed by atoms with E-state index in [2.05, 4.69) is 22.3 Å². The third-order valence-electron chi connectivity index (χ3n) is 5.70. The van der Waals surface area contributed by atoms with Crippen LogP contribution in [-0.4, -0.2) is 36.6 Å². The van der Waals surface area contributed by atoms with Gasteiger partial charge >= 0.3 is 0 Å². The molecule has 1 aliphatic heterocycles. The van der Waals surface area contributed by atoms with Gasteiger partial charge in [-0.2, -0.15) is 0 Å². The molecular weight excluding hydrogens is 343 g/mol. The Balaban J connectivity index is 0.000000960. The lowest BCUT2D eigenvalue weighted by Gasteiger charge is -2.27. The van der Waals surface area contributed by atoms with Crippen molar-refractivity contribution in [3.63, 3.8) is 0 Å². The molecule has 5 heteroatoms. The van der Waals surface area contributed by atoms with Gasteiger partial charge in [0.2, 0.25) is 0 Å². The summed E-state index contributed by atoms with van der Waals surface area (Å²) in [5.74, 6) is 0. The molecule has 0 aromatic heterocycles. The summed E-state index contributed by atoms with van der Waals surface area (Å²) in [7, 11) is 0. The van der Waals surface area contributed by atoms with Crippen LogP contribution in [0.15, 0.2) is 12.1 Å². The van der Waals surface area contributed by atoms with E-state index in [1.54, 1.807) is 22.3 Å². The van der Waals surface area contributed by atoms with Gasteiger partial charge in [0.05, 0.1) is 0 Å². The van der Waals surface area contributed by atoms with E-state index in [9.17, 15) is 0 Å². The van der Waals surface area contributed by atoms with Crippen LogP contribution in [0.3, 0.4) is 0 Å². The monoisotopic (exact) mass is 374 g/mol. The van der Waals surface area contributed by atoms with E-state index in [0.717, 1.165) is 6.54 Å². The first-order valence-electron chi connectivity index (χ1n) is 9.00. The van der Waals surface area contributed by atoms with E-state index in [4.69, 9.17) is 0 Å². The highest BCUT2D eigenvalue weighted by Gasteiger charge is 2.25. The minimum absolute atomic E-state index is 0. The molecule has 1 unspecified atom stereocenters. The van der Waals surface area contributed by atoms with Crippen molar-refractivity contribution in [1.29, 1.82) is 0 Å². The van der Waals surface area contributed by atoms with E-state index in [1.807, 2.05) is 0 Å². The van der Waals surface area contributed by atoms with Crippen molar-refractivity contribution in [3.8, 4) is 0 Å². The van der Waals surface area contributed by atoms with Gasteiger partial charge in [0, 0.05) is 19.1 Å². The van der Waals surface area contributed by atoms with Gasteiger partial charge in [0.25, 0.3) is 0 Å². The highest BCUT2D eigenvalue weighted by molar-refractivity contribution is 5.85. The molecule has 0 saturated carbocycles. The fraction of sp³-hybridized carbons (Fsp3) is 0.684. The Morgan fingerprint density at radius 2 is 1.58 bits per heavy atom. The van der Waals surface area contributed by atoms with Gasteiger partial charge in [0.1, 0.15) is 0 Å². The lowest BCUT2D eigenvalue weighted by Crippen LogP contribution is -2.36. The highest BCUT2D eigenvalue weighted by atomic mass is 35.5. The second-order valence-corrected chi connectivity index (χ2v) is 7.12. The summed E-state index contributed by atoms with van der Waals surface area (Å²) in [5.41, 5.74) is 6.53. The summed E-state index contributed by atoms with van der Waals surface area (Å²) in [5, 5.41) is 3.83. The lowest BCUT2D eigenvalue weighted by atomic mass is 10.0. The second-order valence-electron chi connectivity index (χ2n) is 7.12. The van der Waals surface area contributed by atoms with Crippen LogP contribution in [0.25, 0.3) is 0 Å². The predicted octanol–water partition coefficient (Wildman–Crippen LogP) is 3.26. The zero-order valence-electron chi connectivity index (χ0n) is 14.5. The fourth-order valence-corrected chi connectivity index (χ4v) is 4.48. The summed E-state index contributed by atoms with van der Waals surface area (Å²) in [4.78, 5) is 2.63. The first kappa shape index (κ1) is 21.7. The molecule has 3 aliphatic rings. The Kier molecular flexibility index (Phi) is 9.03. The number of benzene rings is 1. The van der Waals surface area contributed by atoms with Crippen LogP contribution in [0.5, 0.6) is 0 Å². The van der Waals surface area contributed by atoms with Crippen LogP contribution in [0.2, 0.25) is 0 Å². The van der Waals surface area contributed by atoms with Gasteiger partial charge in [-0.15, -0.1) is 24.8 Å². The molecule has 0 radical (unpaired) electrons. The third-order valence-corrected chi connectivity index (χ3v) is 5.70. The Morgan fingerprint density at radius 3 is 2.33 bits per heavy atom. The summed E-state index contributed by atoms with van der Waals surface area (Å²) in [6.45, 7) is 5.02. The molecule has 1 heterocycles. The summed E-state index contributed by atoms with van der Waals surface area (Å²) in [6.07, 6.45) is 10.8. The van der Waals surface area contributed by atoms with Crippen LogP contribution in [0, 0.1) is 0 Å². The first-order chi connectivity index (χ1) is 10.4. The molecule has 1 aromatic rings. The normalized spacial score (nSPS) is 21.9. The molecule has 0 spiro atoms. The van der Waals surface area contributed by atoms with Crippen LogP contribution in [0.1, 0.15) is 60.4 Å². The van der Waals surface area contributed by atoms with Crippen molar-refractivity contribution in [2.24, 2.45) is 0 Å². The van der Waals surface area contributed by atoms with Crippen molar-refractivity contribution in [2.75, 3.05) is 26.2 Å². The average Bonchev–Trinajstić information content (AvgIpc) is 3.13. The van der Waals surface area contributed by atoms with Crippen molar-refractivity contribution in [2.45, 2.75) is 57.4 Å². The molecule has 138 valence electrons. The van der Waals surface area contributed by atoms with E-state index in [1.165, 1.54) is 71.0 Å². The molecule has 1 fully saturated rings. The number of aryl methyl sites for hydroxylation is 3. The standard InChI is InChI=1S/C19H28N2.2ClH.H2O/c1-2-10-21(11-3-1)12-9-20-19-8-7-17-13-15-5-4-6-16(15)14-18(17)19;;;/h13-14,19-20H,1-12H2;2*1H;1H2. The number of rotatable bonds is 4. The van der Waals surface area contributed by atoms with E-state index < -0.39 is 0 Å². The van der Waals surface area contributed by atoms with Gasteiger partial charge in [-0.25, -0.2) is 0 Å². The molecule has 4 rings (SSSR count). The molecule has 24 heavy (non-hydrogen) atoms. The summed E-state index contributed by atoms with van der Waals surface area (Å²) >= 11 is 0. The largest absolute Gasteiger partial charge is 0.412 e. The van der Waals surface area contributed by atoms with Gasteiger partial charge in [0.15, 0.2) is 0 Å². The van der Waals surface area contributed by atoms with Crippen LogP contribution in [-0.2, 0) is 19.3 Å². The molecule has 3 N–H and O–H groups in total. The Hall–Kier alpha value is -0.320. The molecule has 0 amide bonds. The van der Waals surface area contributed by atoms with E-state index >= 15 is 0 Å². The Labute approximate surface area is 158 Å². The van der Waals surface area contributed by atoms with Crippen LogP contribution < -0.4 is 5.32 Å². The van der Waals surface area contributed by atoms with E-state index in [0.29, 0.717) is 6.04 Å². The summed E-state index contributed by atoms with van der Waals surface area (Å²) in [6, 6.07) is 5.67. The Morgan fingerprint density at radius 1 is 0.875 bits per heavy atom. The quantitative estimate of drug-likeness (QED) is 0.878. The molecule has 1 aromatic carbocycles. The fourth-order valence-electron chi connectivity index (χ4n) is 4.48. The predicted molar refractivity (Wildman–Crippen MR) is 106 cm³/mol. The number of likely N-dealkylation sites (tertiary alicyclic amines) is 1. The minimum atomic E-state index is 0. The summed E-state index contributed by atoms with van der Waals surface area (Å²) < 4.78 is 0. The van der Waals surface area contributed by atoms with Gasteiger partial charge < -0.3 is 15.7 Å².